The zero-order valence-electron chi connectivity index (χ0n) is 14.9. The third-order valence-electron chi connectivity index (χ3n) is 4.11. The highest BCUT2D eigenvalue weighted by Crippen LogP contribution is 2.32. The van der Waals surface area contributed by atoms with Crippen LogP contribution in [0.3, 0.4) is 0 Å². The Hall–Kier alpha value is -2.37. The van der Waals surface area contributed by atoms with Crippen molar-refractivity contribution in [2.45, 2.75) is 26.3 Å². The second kappa shape index (κ2) is 7.89. The van der Waals surface area contributed by atoms with E-state index in [1.54, 1.807) is 18.2 Å². The SMILES string of the molecule is CC(C)CC(N)CNc1nc(-c2cc(Cl)ccc2O)nc2ccccc12. The molecule has 0 fully saturated rings. The Morgan fingerprint density at radius 2 is 1.92 bits per heavy atom. The molecule has 0 aliphatic rings. The van der Waals surface area contributed by atoms with Crippen molar-refractivity contribution in [2.24, 2.45) is 11.7 Å². The number of anilines is 1. The van der Waals surface area contributed by atoms with Crippen LogP contribution in [-0.2, 0) is 0 Å². The van der Waals surface area contributed by atoms with Gasteiger partial charge in [0, 0.05) is 23.0 Å². The van der Waals surface area contributed by atoms with Crippen molar-refractivity contribution >= 4 is 28.3 Å². The number of hydrogen-bond acceptors (Lipinski definition) is 5. The summed E-state index contributed by atoms with van der Waals surface area (Å²) in [7, 11) is 0. The second-order valence-corrected chi connectivity index (χ2v) is 7.28. The van der Waals surface area contributed by atoms with E-state index in [0.717, 1.165) is 17.3 Å². The standard InChI is InChI=1S/C20H23ClN4O/c1-12(2)9-14(22)11-23-19-15-5-3-4-6-17(15)24-20(25-19)16-10-13(21)7-8-18(16)26/h3-8,10,12,14,26H,9,11,22H2,1-2H3,(H,23,24,25). The maximum atomic E-state index is 10.2. The summed E-state index contributed by atoms with van der Waals surface area (Å²) in [6.45, 7) is 4.92. The van der Waals surface area contributed by atoms with Crippen LogP contribution < -0.4 is 11.1 Å². The molecule has 0 bridgehead atoms. The lowest BCUT2D eigenvalue weighted by Gasteiger charge is -2.17. The van der Waals surface area contributed by atoms with Gasteiger partial charge in [-0.05, 0) is 42.7 Å². The number of aromatic hydroxyl groups is 1. The van der Waals surface area contributed by atoms with Crippen LogP contribution in [0.5, 0.6) is 5.75 Å². The molecule has 1 aromatic heterocycles. The van der Waals surface area contributed by atoms with Gasteiger partial charge in [-0.25, -0.2) is 9.97 Å². The Balaban J connectivity index is 2.00. The second-order valence-electron chi connectivity index (χ2n) is 6.84. The third kappa shape index (κ3) is 4.23. The van der Waals surface area contributed by atoms with E-state index in [9.17, 15) is 5.11 Å². The summed E-state index contributed by atoms with van der Waals surface area (Å²) in [6, 6.07) is 12.6. The zero-order valence-corrected chi connectivity index (χ0v) is 15.7. The fourth-order valence-corrected chi connectivity index (χ4v) is 3.11. The summed E-state index contributed by atoms with van der Waals surface area (Å²) >= 11 is 6.08. The van der Waals surface area contributed by atoms with Crippen molar-refractivity contribution in [3.63, 3.8) is 0 Å². The molecule has 26 heavy (non-hydrogen) atoms. The molecule has 0 radical (unpaired) electrons. The molecular formula is C20H23ClN4O. The Bertz CT molecular complexity index is 913. The van der Waals surface area contributed by atoms with Crippen molar-refractivity contribution in [1.82, 2.24) is 9.97 Å². The fraction of sp³-hybridized carbons (Fsp3) is 0.300. The highest BCUT2D eigenvalue weighted by atomic mass is 35.5. The minimum absolute atomic E-state index is 0.0340. The van der Waals surface area contributed by atoms with E-state index >= 15 is 0 Å². The van der Waals surface area contributed by atoms with Gasteiger partial charge >= 0.3 is 0 Å². The van der Waals surface area contributed by atoms with Crippen LogP contribution in [0.4, 0.5) is 5.82 Å². The van der Waals surface area contributed by atoms with Crippen LogP contribution in [0.15, 0.2) is 42.5 Å². The first-order chi connectivity index (χ1) is 12.4. The van der Waals surface area contributed by atoms with E-state index in [0.29, 0.717) is 34.7 Å². The van der Waals surface area contributed by atoms with Crippen molar-refractivity contribution in [1.29, 1.82) is 0 Å². The molecule has 3 aromatic rings. The van der Waals surface area contributed by atoms with Gasteiger partial charge in [0.1, 0.15) is 11.6 Å². The molecule has 0 aliphatic heterocycles. The number of benzene rings is 2. The molecule has 1 atom stereocenters. The van der Waals surface area contributed by atoms with Gasteiger partial charge in [0.15, 0.2) is 5.82 Å². The Morgan fingerprint density at radius 3 is 2.69 bits per heavy atom. The largest absolute Gasteiger partial charge is 0.507 e. The molecule has 6 heteroatoms. The van der Waals surface area contributed by atoms with E-state index in [4.69, 9.17) is 17.3 Å². The molecule has 3 rings (SSSR count). The van der Waals surface area contributed by atoms with Crippen molar-refractivity contribution in [3.05, 3.63) is 47.5 Å². The molecule has 1 unspecified atom stereocenters. The number of nitrogens with one attached hydrogen (secondary N) is 1. The van der Waals surface area contributed by atoms with E-state index < -0.39 is 0 Å². The van der Waals surface area contributed by atoms with Gasteiger partial charge in [0.2, 0.25) is 0 Å². The molecule has 2 aromatic carbocycles. The van der Waals surface area contributed by atoms with Gasteiger partial charge in [0.25, 0.3) is 0 Å². The Labute approximate surface area is 158 Å². The topological polar surface area (TPSA) is 84.1 Å². The molecule has 0 amide bonds. The molecule has 0 spiro atoms. The van der Waals surface area contributed by atoms with Crippen molar-refractivity contribution in [2.75, 3.05) is 11.9 Å². The van der Waals surface area contributed by atoms with Crippen LogP contribution in [0, 0.1) is 5.92 Å². The van der Waals surface area contributed by atoms with Gasteiger partial charge in [-0.1, -0.05) is 37.6 Å². The van der Waals surface area contributed by atoms with Crippen molar-refractivity contribution in [3.8, 4) is 17.1 Å². The summed E-state index contributed by atoms with van der Waals surface area (Å²) in [4.78, 5) is 9.21. The van der Waals surface area contributed by atoms with Gasteiger partial charge in [-0.3, -0.25) is 0 Å². The summed E-state index contributed by atoms with van der Waals surface area (Å²) in [5.74, 6) is 1.74. The predicted octanol–water partition coefficient (Wildman–Crippen LogP) is 4.44. The summed E-state index contributed by atoms with van der Waals surface area (Å²) in [6.07, 6.45) is 0.929. The first kappa shape index (κ1) is 18.4. The number of halogens is 1. The monoisotopic (exact) mass is 370 g/mol. The average molecular weight is 371 g/mol. The van der Waals surface area contributed by atoms with E-state index in [1.807, 2.05) is 24.3 Å². The van der Waals surface area contributed by atoms with Crippen molar-refractivity contribution < 1.29 is 5.11 Å². The number of rotatable bonds is 6. The Kier molecular flexibility index (Phi) is 5.59. The highest BCUT2D eigenvalue weighted by Gasteiger charge is 2.14. The maximum absolute atomic E-state index is 10.2. The lowest BCUT2D eigenvalue weighted by atomic mass is 10.0. The molecule has 136 valence electrons. The average Bonchev–Trinajstić information content (AvgIpc) is 2.61. The van der Waals surface area contributed by atoms with Gasteiger partial charge in [-0.15, -0.1) is 0 Å². The van der Waals surface area contributed by atoms with Crippen LogP contribution in [0.25, 0.3) is 22.3 Å². The highest BCUT2D eigenvalue weighted by molar-refractivity contribution is 6.30. The molecule has 4 N–H and O–H groups in total. The number of hydrogen-bond donors (Lipinski definition) is 3. The number of nitrogens with zero attached hydrogens (tertiary/aromatic N) is 2. The quantitative estimate of drug-likeness (QED) is 0.597. The van der Waals surface area contributed by atoms with Gasteiger partial charge in [-0.2, -0.15) is 0 Å². The molecular weight excluding hydrogens is 348 g/mol. The van der Waals surface area contributed by atoms with Gasteiger partial charge < -0.3 is 16.2 Å². The number of para-hydroxylation sites is 1. The zero-order chi connectivity index (χ0) is 18.7. The summed E-state index contributed by atoms with van der Waals surface area (Å²) in [5, 5.41) is 15.0. The van der Waals surface area contributed by atoms with E-state index in [1.165, 1.54) is 0 Å². The summed E-state index contributed by atoms with van der Waals surface area (Å²) < 4.78 is 0. The Morgan fingerprint density at radius 1 is 1.15 bits per heavy atom. The lowest BCUT2D eigenvalue weighted by Crippen LogP contribution is -2.30. The maximum Gasteiger partial charge on any atom is 0.165 e. The smallest absolute Gasteiger partial charge is 0.165 e. The molecule has 0 aliphatic carbocycles. The van der Waals surface area contributed by atoms with Gasteiger partial charge in [0.05, 0.1) is 11.1 Å². The van der Waals surface area contributed by atoms with Crippen LogP contribution in [-0.4, -0.2) is 27.7 Å². The minimum atomic E-state index is 0.0340. The van der Waals surface area contributed by atoms with E-state index in [-0.39, 0.29) is 11.8 Å². The normalized spacial score (nSPS) is 12.5. The fourth-order valence-electron chi connectivity index (χ4n) is 2.94. The minimum Gasteiger partial charge on any atom is -0.507 e. The van der Waals surface area contributed by atoms with Crippen LogP contribution in [0.2, 0.25) is 5.02 Å². The number of fused-ring (bicyclic) bond motifs is 1. The number of nitrogens with two attached hydrogens (primary N) is 1. The third-order valence-corrected chi connectivity index (χ3v) is 4.34. The van der Waals surface area contributed by atoms with Crippen LogP contribution >= 0.6 is 11.6 Å². The number of phenolic OH excluding ortho intramolecular Hbond substituents is 1. The molecule has 1 heterocycles. The predicted molar refractivity (Wildman–Crippen MR) is 108 cm³/mol. The van der Waals surface area contributed by atoms with Crippen LogP contribution in [0.1, 0.15) is 20.3 Å². The lowest BCUT2D eigenvalue weighted by molar-refractivity contribution is 0.477. The first-order valence-electron chi connectivity index (χ1n) is 8.69. The molecule has 0 saturated carbocycles. The number of aromatic nitrogens is 2. The summed E-state index contributed by atoms with van der Waals surface area (Å²) in [5.41, 5.74) is 7.48. The van der Waals surface area contributed by atoms with E-state index in [2.05, 4.69) is 29.1 Å². The molecule has 5 nitrogen and oxygen atoms in total. The number of phenols is 1. The first-order valence-corrected chi connectivity index (χ1v) is 9.07. The molecule has 0 saturated heterocycles.